The summed E-state index contributed by atoms with van der Waals surface area (Å²) in [6.45, 7) is 11.6. The van der Waals surface area contributed by atoms with E-state index in [9.17, 15) is 4.79 Å². The first-order valence-electron chi connectivity index (χ1n) is 8.46. The van der Waals surface area contributed by atoms with E-state index < -0.39 is 5.54 Å². The topological polar surface area (TPSA) is 55.6 Å². The van der Waals surface area contributed by atoms with E-state index in [0.717, 1.165) is 38.3 Å². The monoisotopic (exact) mass is 296 g/mol. The maximum absolute atomic E-state index is 12.0. The molecule has 0 spiro atoms. The number of rotatable bonds is 3. The van der Waals surface area contributed by atoms with E-state index in [2.05, 4.69) is 25.7 Å². The van der Waals surface area contributed by atoms with E-state index in [1.54, 1.807) is 0 Å². The largest absolute Gasteiger partial charge is 0.465 e. The van der Waals surface area contributed by atoms with Gasteiger partial charge in [0.05, 0.1) is 6.61 Å². The van der Waals surface area contributed by atoms with Gasteiger partial charge in [-0.05, 0) is 63.5 Å². The Morgan fingerprint density at radius 2 is 1.90 bits per heavy atom. The maximum Gasteiger partial charge on any atom is 0.326 e. The second-order valence-corrected chi connectivity index (χ2v) is 7.95. The van der Waals surface area contributed by atoms with Crippen LogP contribution >= 0.6 is 0 Å². The average Bonchev–Trinajstić information content (AvgIpc) is 2.82. The molecule has 4 heteroatoms. The number of nitrogens with zero attached hydrogens (tertiary/aromatic N) is 1. The predicted octanol–water partition coefficient (Wildman–Crippen LogP) is 2.56. The molecule has 122 valence electrons. The van der Waals surface area contributed by atoms with Crippen molar-refractivity contribution in [1.82, 2.24) is 4.90 Å². The van der Waals surface area contributed by atoms with E-state index in [4.69, 9.17) is 10.5 Å². The van der Waals surface area contributed by atoms with Crippen LogP contribution in [0.3, 0.4) is 0 Å². The molecule has 1 aliphatic carbocycles. The zero-order chi connectivity index (χ0) is 15.7. The van der Waals surface area contributed by atoms with Crippen molar-refractivity contribution in [2.45, 2.75) is 71.4 Å². The summed E-state index contributed by atoms with van der Waals surface area (Å²) in [4.78, 5) is 14.6. The normalized spacial score (nSPS) is 32.3. The molecule has 21 heavy (non-hydrogen) atoms. The molecule has 0 aromatic heterocycles. The van der Waals surface area contributed by atoms with Crippen molar-refractivity contribution in [3.8, 4) is 0 Å². The molecule has 1 heterocycles. The minimum atomic E-state index is -0.748. The lowest BCUT2D eigenvalue weighted by atomic mass is 9.75. The highest BCUT2D eigenvalue weighted by molar-refractivity contribution is 5.81. The number of carbonyl (C=O) groups is 1. The summed E-state index contributed by atoms with van der Waals surface area (Å²) in [6, 6.07) is 0.459. The number of likely N-dealkylation sites (tertiary alicyclic amines) is 1. The van der Waals surface area contributed by atoms with Gasteiger partial charge in [0.2, 0.25) is 0 Å². The van der Waals surface area contributed by atoms with E-state index >= 15 is 0 Å². The van der Waals surface area contributed by atoms with E-state index in [1.807, 2.05) is 6.92 Å². The third-order valence-corrected chi connectivity index (χ3v) is 5.48. The Labute approximate surface area is 129 Å². The van der Waals surface area contributed by atoms with Gasteiger partial charge in [-0.2, -0.15) is 0 Å². The lowest BCUT2D eigenvalue weighted by Crippen LogP contribution is -2.49. The van der Waals surface area contributed by atoms with Crippen LogP contribution in [0.5, 0.6) is 0 Å². The lowest BCUT2D eigenvalue weighted by molar-refractivity contribution is -0.149. The Morgan fingerprint density at radius 1 is 1.29 bits per heavy atom. The van der Waals surface area contributed by atoms with Crippen molar-refractivity contribution in [2.24, 2.45) is 17.1 Å². The first kappa shape index (κ1) is 16.8. The molecule has 1 aliphatic heterocycles. The Balaban J connectivity index is 1.87. The Hall–Kier alpha value is -0.610. The van der Waals surface area contributed by atoms with Crippen molar-refractivity contribution >= 4 is 5.97 Å². The number of esters is 1. The third-order valence-electron chi connectivity index (χ3n) is 5.48. The molecule has 1 saturated heterocycles. The van der Waals surface area contributed by atoms with Crippen molar-refractivity contribution in [3.05, 3.63) is 0 Å². The molecule has 0 bridgehead atoms. The third kappa shape index (κ3) is 3.78. The van der Waals surface area contributed by atoms with Crippen molar-refractivity contribution in [1.29, 1.82) is 0 Å². The van der Waals surface area contributed by atoms with Gasteiger partial charge in [-0.3, -0.25) is 4.79 Å². The van der Waals surface area contributed by atoms with Crippen molar-refractivity contribution in [3.63, 3.8) is 0 Å². The smallest absolute Gasteiger partial charge is 0.326 e. The van der Waals surface area contributed by atoms with E-state index in [1.165, 1.54) is 12.8 Å². The molecule has 2 rings (SSSR count). The van der Waals surface area contributed by atoms with Crippen LogP contribution in [0.1, 0.15) is 59.8 Å². The minimum absolute atomic E-state index is 0.211. The van der Waals surface area contributed by atoms with Gasteiger partial charge in [0.1, 0.15) is 5.54 Å². The Kier molecular flexibility index (Phi) is 4.99. The molecule has 0 aromatic rings. The van der Waals surface area contributed by atoms with E-state index in [0.29, 0.717) is 18.1 Å². The highest BCUT2D eigenvalue weighted by atomic mass is 16.5. The quantitative estimate of drug-likeness (QED) is 0.813. The molecule has 2 atom stereocenters. The van der Waals surface area contributed by atoms with Gasteiger partial charge < -0.3 is 15.4 Å². The number of piperidine rings is 1. The van der Waals surface area contributed by atoms with Crippen LogP contribution in [0.2, 0.25) is 0 Å². The SMILES string of the molecule is CCOC(=O)C1(N)CCC(N2CCC(C(C)(C)C)CC2)C1. The summed E-state index contributed by atoms with van der Waals surface area (Å²) in [7, 11) is 0. The fourth-order valence-electron chi connectivity index (χ4n) is 3.95. The zero-order valence-electron chi connectivity index (χ0n) is 14.2. The van der Waals surface area contributed by atoms with Gasteiger partial charge in [-0.15, -0.1) is 0 Å². The van der Waals surface area contributed by atoms with Gasteiger partial charge in [0, 0.05) is 6.04 Å². The van der Waals surface area contributed by atoms with Crippen LogP contribution in [0, 0.1) is 11.3 Å². The van der Waals surface area contributed by atoms with Gasteiger partial charge in [0.25, 0.3) is 0 Å². The van der Waals surface area contributed by atoms with Crippen LogP contribution in [-0.2, 0) is 9.53 Å². The first-order valence-corrected chi connectivity index (χ1v) is 8.46. The number of hydrogen-bond donors (Lipinski definition) is 1. The molecule has 2 unspecified atom stereocenters. The Bertz CT molecular complexity index is 369. The molecule has 0 radical (unpaired) electrons. The average molecular weight is 296 g/mol. The van der Waals surface area contributed by atoms with E-state index in [-0.39, 0.29) is 5.97 Å². The predicted molar refractivity (Wildman–Crippen MR) is 84.9 cm³/mol. The van der Waals surface area contributed by atoms with Crippen LogP contribution in [0.25, 0.3) is 0 Å². The highest BCUT2D eigenvalue weighted by Crippen LogP contribution is 2.38. The van der Waals surface area contributed by atoms with Crippen molar-refractivity contribution in [2.75, 3.05) is 19.7 Å². The van der Waals surface area contributed by atoms with Gasteiger partial charge >= 0.3 is 5.97 Å². The molecule has 2 N–H and O–H groups in total. The lowest BCUT2D eigenvalue weighted by Gasteiger charge is -2.41. The fraction of sp³-hybridized carbons (Fsp3) is 0.941. The summed E-state index contributed by atoms with van der Waals surface area (Å²) >= 11 is 0. The molecule has 4 nitrogen and oxygen atoms in total. The molecular formula is C17H32N2O2. The molecule has 2 fully saturated rings. The van der Waals surface area contributed by atoms with Gasteiger partial charge in [0.15, 0.2) is 0 Å². The van der Waals surface area contributed by atoms with Gasteiger partial charge in [-0.25, -0.2) is 0 Å². The number of nitrogens with two attached hydrogens (primary N) is 1. The summed E-state index contributed by atoms with van der Waals surface area (Å²) in [5.41, 5.74) is 5.94. The van der Waals surface area contributed by atoms with Gasteiger partial charge in [-0.1, -0.05) is 20.8 Å². The zero-order valence-corrected chi connectivity index (χ0v) is 14.2. The number of hydrogen-bond acceptors (Lipinski definition) is 4. The number of ether oxygens (including phenoxy) is 1. The first-order chi connectivity index (χ1) is 9.76. The van der Waals surface area contributed by atoms with Crippen LogP contribution in [0.4, 0.5) is 0 Å². The highest BCUT2D eigenvalue weighted by Gasteiger charge is 2.45. The standard InChI is InChI=1S/C17H32N2O2/c1-5-21-15(20)17(18)9-6-14(12-17)19-10-7-13(8-11-19)16(2,3)4/h13-14H,5-12,18H2,1-4H3. The molecule has 0 amide bonds. The summed E-state index contributed by atoms with van der Waals surface area (Å²) in [6.07, 6.45) is 5.06. The second-order valence-electron chi connectivity index (χ2n) is 7.95. The van der Waals surface area contributed by atoms with Crippen LogP contribution < -0.4 is 5.73 Å². The Morgan fingerprint density at radius 3 is 2.43 bits per heavy atom. The molecule has 1 saturated carbocycles. The molecular weight excluding hydrogens is 264 g/mol. The summed E-state index contributed by atoms with van der Waals surface area (Å²) in [5, 5.41) is 0. The number of carbonyl (C=O) groups excluding carboxylic acids is 1. The van der Waals surface area contributed by atoms with Crippen molar-refractivity contribution < 1.29 is 9.53 Å². The fourth-order valence-corrected chi connectivity index (χ4v) is 3.95. The molecule has 0 aromatic carbocycles. The minimum Gasteiger partial charge on any atom is -0.465 e. The molecule has 2 aliphatic rings. The summed E-state index contributed by atoms with van der Waals surface area (Å²) < 4.78 is 5.14. The van der Waals surface area contributed by atoms with Crippen LogP contribution in [-0.4, -0.2) is 42.1 Å². The maximum atomic E-state index is 12.0. The summed E-state index contributed by atoms with van der Waals surface area (Å²) in [5.74, 6) is 0.597. The second kappa shape index (κ2) is 6.25. The van der Waals surface area contributed by atoms with Crippen LogP contribution in [0.15, 0.2) is 0 Å².